The van der Waals surface area contributed by atoms with E-state index in [-0.39, 0.29) is 11.3 Å². The lowest BCUT2D eigenvalue weighted by molar-refractivity contribution is -0.115. The molecule has 1 heterocycles. The summed E-state index contributed by atoms with van der Waals surface area (Å²) >= 11 is 1.31. The van der Waals surface area contributed by atoms with Gasteiger partial charge in [-0.1, -0.05) is 32.5 Å². The molecule has 0 saturated heterocycles. The molecule has 0 bridgehead atoms. The van der Waals surface area contributed by atoms with Gasteiger partial charge >= 0.3 is 0 Å². The Morgan fingerprint density at radius 2 is 2.03 bits per heavy atom. The van der Waals surface area contributed by atoms with Crippen molar-refractivity contribution in [3.63, 3.8) is 0 Å². The van der Waals surface area contributed by atoms with Crippen molar-refractivity contribution in [1.82, 2.24) is 4.98 Å². The summed E-state index contributed by atoms with van der Waals surface area (Å²) < 4.78 is 10.6. The highest BCUT2D eigenvalue weighted by Crippen LogP contribution is 2.38. The largest absolute Gasteiger partial charge is 0.497 e. The highest BCUT2D eigenvalue weighted by Gasteiger charge is 2.30. The summed E-state index contributed by atoms with van der Waals surface area (Å²) in [5.74, 6) is 1.55. The molecule has 32 heavy (non-hydrogen) atoms. The summed E-state index contributed by atoms with van der Waals surface area (Å²) in [6, 6.07) is 9.48. The molecule has 0 radical (unpaired) electrons. The number of aryl methyl sites for hydroxylation is 1. The number of methoxy groups -OCH3 is 2. The number of nitriles is 1. The number of carbonyl (C=O) groups excluding carboxylic acids is 1. The predicted molar refractivity (Wildman–Crippen MR) is 127 cm³/mol. The average molecular weight is 454 g/mol. The number of anilines is 1. The third-order valence-corrected chi connectivity index (χ3v) is 7.12. The SMILES string of the molecule is COc1ccc(OC)c(NC(=O)C(C)Sc2nc3c(cc2C#N)CC(C(C)(C)C)CC3)c1. The number of thioether (sulfide) groups is 1. The fraction of sp³-hybridized carbons (Fsp3) is 0.480. The third kappa shape index (κ3) is 5.36. The Kier molecular flexibility index (Phi) is 7.35. The number of carbonyl (C=O) groups is 1. The molecule has 1 aromatic heterocycles. The summed E-state index contributed by atoms with van der Waals surface area (Å²) in [7, 11) is 3.12. The Labute approximate surface area is 194 Å². The van der Waals surface area contributed by atoms with Crippen LogP contribution in [-0.4, -0.2) is 30.4 Å². The van der Waals surface area contributed by atoms with Crippen molar-refractivity contribution in [1.29, 1.82) is 5.26 Å². The molecule has 2 atom stereocenters. The van der Waals surface area contributed by atoms with E-state index in [0.29, 0.717) is 33.7 Å². The van der Waals surface area contributed by atoms with Crippen LogP contribution in [0, 0.1) is 22.7 Å². The van der Waals surface area contributed by atoms with Gasteiger partial charge in [-0.05, 0) is 61.3 Å². The zero-order valence-electron chi connectivity index (χ0n) is 19.6. The molecule has 1 aliphatic rings. The Morgan fingerprint density at radius 3 is 2.66 bits per heavy atom. The standard InChI is InChI=1S/C25H31N3O3S/c1-15(23(29)27-21-13-19(30-5)8-10-22(21)31-6)32-24-17(14-26)11-16-12-18(25(2,3)4)7-9-20(16)28-24/h8,10-11,13,15,18H,7,9,12H2,1-6H3,(H,27,29). The van der Waals surface area contributed by atoms with E-state index in [9.17, 15) is 10.1 Å². The lowest BCUT2D eigenvalue weighted by atomic mass is 9.71. The average Bonchev–Trinajstić information content (AvgIpc) is 2.77. The van der Waals surface area contributed by atoms with E-state index in [1.54, 1.807) is 32.4 Å². The molecule has 0 aliphatic heterocycles. The van der Waals surface area contributed by atoms with E-state index >= 15 is 0 Å². The fourth-order valence-corrected chi connectivity index (χ4v) is 4.82. The van der Waals surface area contributed by atoms with Gasteiger partial charge in [-0.2, -0.15) is 5.26 Å². The first-order valence-electron chi connectivity index (χ1n) is 10.8. The first-order chi connectivity index (χ1) is 15.2. The number of nitrogens with one attached hydrogen (secondary N) is 1. The molecule has 1 aliphatic carbocycles. The summed E-state index contributed by atoms with van der Waals surface area (Å²) in [6.45, 7) is 8.61. The van der Waals surface area contributed by atoms with Crippen LogP contribution in [0.4, 0.5) is 5.69 Å². The molecule has 6 nitrogen and oxygen atoms in total. The van der Waals surface area contributed by atoms with Gasteiger partial charge in [0.05, 0.1) is 30.7 Å². The van der Waals surface area contributed by atoms with Gasteiger partial charge in [-0.3, -0.25) is 4.79 Å². The van der Waals surface area contributed by atoms with E-state index in [0.717, 1.165) is 30.5 Å². The van der Waals surface area contributed by atoms with E-state index in [4.69, 9.17) is 14.5 Å². The maximum absolute atomic E-state index is 12.9. The van der Waals surface area contributed by atoms with Crippen molar-refractivity contribution >= 4 is 23.4 Å². The minimum absolute atomic E-state index is 0.197. The van der Waals surface area contributed by atoms with Gasteiger partial charge in [-0.15, -0.1) is 0 Å². The van der Waals surface area contributed by atoms with Crippen molar-refractivity contribution in [2.24, 2.45) is 11.3 Å². The molecule has 1 aromatic carbocycles. The second-order valence-corrected chi connectivity index (χ2v) is 10.5. The van der Waals surface area contributed by atoms with Gasteiger partial charge in [0.2, 0.25) is 5.91 Å². The fourth-order valence-electron chi connectivity index (χ4n) is 3.92. The smallest absolute Gasteiger partial charge is 0.237 e. The zero-order chi connectivity index (χ0) is 23.5. The van der Waals surface area contributed by atoms with Crippen molar-refractivity contribution in [2.45, 2.75) is 57.2 Å². The van der Waals surface area contributed by atoms with Gasteiger partial charge in [0, 0.05) is 11.8 Å². The molecule has 0 saturated carbocycles. The Bertz CT molecular complexity index is 1040. The predicted octanol–water partition coefficient (Wildman–Crippen LogP) is 5.24. The Balaban J connectivity index is 1.77. The van der Waals surface area contributed by atoms with Crippen LogP contribution in [0.2, 0.25) is 0 Å². The molecule has 2 unspecified atom stereocenters. The topological polar surface area (TPSA) is 84.2 Å². The number of hydrogen-bond acceptors (Lipinski definition) is 6. The van der Waals surface area contributed by atoms with Crippen LogP contribution in [-0.2, 0) is 17.6 Å². The molecule has 170 valence electrons. The molecular formula is C25H31N3O3S. The number of ether oxygens (including phenoxy) is 2. The number of hydrogen-bond donors (Lipinski definition) is 1. The van der Waals surface area contributed by atoms with Crippen LogP contribution in [0.15, 0.2) is 29.3 Å². The number of benzene rings is 1. The quantitative estimate of drug-likeness (QED) is 0.602. The molecular weight excluding hydrogens is 422 g/mol. The van der Waals surface area contributed by atoms with Crippen molar-refractivity contribution < 1.29 is 14.3 Å². The number of rotatable bonds is 6. The van der Waals surface area contributed by atoms with Crippen LogP contribution in [0.3, 0.4) is 0 Å². The molecule has 0 fully saturated rings. The van der Waals surface area contributed by atoms with E-state index in [1.165, 1.54) is 11.8 Å². The molecule has 1 amide bonds. The van der Waals surface area contributed by atoms with Gasteiger partial charge < -0.3 is 14.8 Å². The van der Waals surface area contributed by atoms with Crippen LogP contribution in [0.1, 0.15) is 50.9 Å². The third-order valence-electron chi connectivity index (χ3n) is 6.02. The van der Waals surface area contributed by atoms with Crippen molar-refractivity contribution in [3.8, 4) is 17.6 Å². The van der Waals surface area contributed by atoms with Crippen molar-refractivity contribution in [3.05, 3.63) is 41.1 Å². The summed E-state index contributed by atoms with van der Waals surface area (Å²) in [5, 5.41) is 12.8. The summed E-state index contributed by atoms with van der Waals surface area (Å²) in [6.07, 6.45) is 2.93. The Hall–Kier alpha value is -2.72. The van der Waals surface area contributed by atoms with Gasteiger partial charge in [-0.25, -0.2) is 4.98 Å². The van der Waals surface area contributed by atoms with Crippen molar-refractivity contribution in [2.75, 3.05) is 19.5 Å². The zero-order valence-corrected chi connectivity index (χ0v) is 20.4. The minimum Gasteiger partial charge on any atom is -0.497 e. The highest BCUT2D eigenvalue weighted by atomic mass is 32.2. The maximum Gasteiger partial charge on any atom is 0.237 e. The van der Waals surface area contributed by atoms with Crippen LogP contribution < -0.4 is 14.8 Å². The highest BCUT2D eigenvalue weighted by molar-refractivity contribution is 8.00. The lowest BCUT2D eigenvalue weighted by Gasteiger charge is -2.34. The minimum atomic E-state index is -0.450. The number of amides is 1. The molecule has 3 rings (SSSR count). The summed E-state index contributed by atoms with van der Waals surface area (Å²) in [4.78, 5) is 17.7. The van der Waals surface area contributed by atoms with Crippen LogP contribution in [0.25, 0.3) is 0 Å². The molecule has 2 aromatic rings. The Morgan fingerprint density at radius 1 is 1.28 bits per heavy atom. The van der Waals surface area contributed by atoms with E-state index in [2.05, 4.69) is 32.2 Å². The number of aromatic nitrogens is 1. The normalized spacial score (nSPS) is 16.5. The number of fused-ring (bicyclic) bond motifs is 1. The second-order valence-electron chi connectivity index (χ2n) is 9.18. The lowest BCUT2D eigenvalue weighted by Crippen LogP contribution is -2.28. The maximum atomic E-state index is 12.9. The summed E-state index contributed by atoms with van der Waals surface area (Å²) in [5.41, 5.74) is 3.51. The van der Waals surface area contributed by atoms with Crippen LogP contribution >= 0.6 is 11.8 Å². The van der Waals surface area contributed by atoms with E-state index < -0.39 is 5.25 Å². The molecule has 0 spiro atoms. The number of pyridine rings is 1. The first kappa shape index (κ1) is 23.9. The van der Waals surface area contributed by atoms with Crippen LogP contribution in [0.5, 0.6) is 11.5 Å². The van der Waals surface area contributed by atoms with Gasteiger partial charge in [0.1, 0.15) is 22.6 Å². The second kappa shape index (κ2) is 9.83. The van der Waals surface area contributed by atoms with Gasteiger partial charge in [0.15, 0.2) is 0 Å². The monoisotopic (exact) mass is 453 g/mol. The first-order valence-corrected chi connectivity index (χ1v) is 11.7. The number of nitrogens with zero attached hydrogens (tertiary/aromatic N) is 2. The van der Waals surface area contributed by atoms with Gasteiger partial charge in [0.25, 0.3) is 0 Å². The molecule has 1 N–H and O–H groups in total. The molecule has 7 heteroatoms. The van der Waals surface area contributed by atoms with E-state index in [1.807, 2.05) is 13.0 Å².